The molecule has 0 amide bonds. The van der Waals surface area contributed by atoms with Crippen molar-refractivity contribution in [2.24, 2.45) is 0 Å². The topological polar surface area (TPSA) is 52.6 Å². The van der Waals surface area contributed by atoms with Crippen LogP contribution in [0, 0.1) is 0 Å². The van der Waals surface area contributed by atoms with Crippen molar-refractivity contribution in [2.45, 2.75) is 12.8 Å². The second-order valence-electron chi connectivity index (χ2n) is 2.02. The Morgan fingerprint density at radius 2 is 1.92 bits per heavy atom. The van der Waals surface area contributed by atoms with Gasteiger partial charge in [0.25, 0.3) is 0 Å². The number of hydrogen-bond acceptors (Lipinski definition) is 5. The summed E-state index contributed by atoms with van der Waals surface area (Å²) in [6.07, 6.45) is 0.374. The molecule has 0 heterocycles. The smallest absolute Gasteiger partial charge is 0.308 e. The average molecular weight is 192 g/mol. The lowest BCUT2D eigenvalue weighted by Gasteiger charge is -2.01. The van der Waals surface area contributed by atoms with Crippen LogP contribution in [0.5, 0.6) is 0 Å². The largest absolute Gasteiger partial charge is 0.469 e. The molecule has 0 atom stereocenters. The molecule has 0 saturated carbocycles. The van der Waals surface area contributed by atoms with Crippen LogP contribution in [-0.4, -0.2) is 31.4 Å². The molecule has 0 spiro atoms. The van der Waals surface area contributed by atoms with E-state index in [1.54, 1.807) is 0 Å². The van der Waals surface area contributed by atoms with E-state index in [0.29, 0.717) is 5.75 Å². The number of hydrogen-bond donors (Lipinski definition) is 1. The SMILES string of the molecule is COC(=O)CCOC(=O)CCS. The lowest BCUT2D eigenvalue weighted by Crippen LogP contribution is -2.10. The first kappa shape index (κ1) is 11.3. The fraction of sp³-hybridized carbons (Fsp3) is 0.714. The van der Waals surface area contributed by atoms with E-state index in [-0.39, 0.29) is 31.4 Å². The van der Waals surface area contributed by atoms with Crippen LogP contribution < -0.4 is 0 Å². The van der Waals surface area contributed by atoms with Crippen molar-refractivity contribution in [1.82, 2.24) is 0 Å². The van der Waals surface area contributed by atoms with Crippen LogP contribution in [0.4, 0.5) is 0 Å². The predicted molar refractivity (Wildman–Crippen MR) is 46.1 cm³/mol. The van der Waals surface area contributed by atoms with Gasteiger partial charge in [-0.15, -0.1) is 0 Å². The lowest BCUT2D eigenvalue weighted by molar-refractivity contribution is -0.147. The minimum absolute atomic E-state index is 0.0826. The van der Waals surface area contributed by atoms with Gasteiger partial charge >= 0.3 is 11.9 Å². The Morgan fingerprint density at radius 3 is 2.42 bits per heavy atom. The monoisotopic (exact) mass is 192 g/mol. The van der Waals surface area contributed by atoms with Crippen molar-refractivity contribution in [3.05, 3.63) is 0 Å². The molecule has 0 fully saturated rings. The van der Waals surface area contributed by atoms with E-state index in [0.717, 1.165) is 0 Å². The van der Waals surface area contributed by atoms with Gasteiger partial charge in [-0.3, -0.25) is 9.59 Å². The number of esters is 2. The maximum Gasteiger partial charge on any atom is 0.308 e. The molecule has 0 aromatic carbocycles. The Kier molecular flexibility index (Phi) is 6.55. The minimum atomic E-state index is -0.381. The molecule has 4 nitrogen and oxygen atoms in total. The fourth-order valence-electron chi connectivity index (χ4n) is 0.514. The summed E-state index contributed by atoms with van der Waals surface area (Å²) in [6.45, 7) is 0.0826. The molecule has 0 radical (unpaired) electrons. The van der Waals surface area contributed by atoms with Gasteiger partial charge in [0, 0.05) is 5.75 Å². The van der Waals surface area contributed by atoms with Crippen LogP contribution in [0.25, 0.3) is 0 Å². The van der Waals surface area contributed by atoms with E-state index in [1.165, 1.54) is 7.11 Å². The number of thiol groups is 1. The van der Waals surface area contributed by atoms with E-state index < -0.39 is 0 Å². The van der Waals surface area contributed by atoms with Crippen molar-refractivity contribution >= 4 is 24.6 Å². The first-order valence-corrected chi connectivity index (χ1v) is 4.17. The Bertz CT molecular complexity index is 157. The highest BCUT2D eigenvalue weighted by Crippen LogP contribution is 1.91. The number of carbonyl (C=O) groups is 2. The van der Waals surface area contributed by atoms with Gasteiger partial charge in [0.05, 0.1) is 20.0 Å². The van der Waals surface area contributed by atoms with E-state index in [2.05, 4.69) is 22.1 Å². The lowest BCUT2D eigenvalue weighted by atomic mass is 10.4. The Hall–Kier alpha value is -0.710. The summed E-state index contributed by atoms with van der Waals surface area (Å²) in [5.41, 5.74) is 0. The molecule has 0 aromatic rings. The summed E-state index contributed by atoms with van der Waals surface area (Å²) < 4.78 is 9.01. The molecule has 0 bridgehead atoms. The third-order valence-electron chi connectivity index (χ3n) is 1.11. The summed E-state index contributed by atoms with van der Waals surface area (Å²) in [5.74, 6) is -0.264. The highest BCUT2D eigenvalue weighted by molar-refractivity contribution is 7.80. The maximum absolute atomic E-state index is 10.7. The maximum atomic E-state index is 10.7. The first-order chi connectivity index (χ1) is 5.70. The summed E-state index contributed by atoms with van der Waals surface area (Å²) >= 11 is 3.85. The average Bonchev–Trinajstić information content (AvgIpc) is 2.04. The van der Waals surface area contributed by atoms with Gasteiger partial charge in [-0.1, -0.05) is 0 Å². The normalized spacial score (nSPS) is 9.17. The molecule has 0 aliphatic carbocycles. The molecule has 0 aliphatic heterocycles. The van der Waals surface area contributed by atoms with Crippen molar-refractivity contribution in [3.63, 3.8) is 0 Å². The minimum Gasteiger partial charge on any atom is -0.469 e. The van der Waals surface area contributed by atoms with Crippen LogP contribution in [0.3, 0.4) is 0 Å². The van der Waals surface area contributed by atoms with Crippen LogP contribution in [0.1, 0.15) is 12.8 Å². The van der Waals surface area contributed by atoms with Crippen molar-refractivity contribution < 1.29 is 19.1 Å². The van der Waals surface area contributed by atoms with Gasteiger partial charge in [0.1, 0.15) is 6.61 Å². The molecule has 12 heavy (non-hydrogen) atoms. The van der Waals surface area contributed by atoms with Crippen LogP contribution in [-0.2, 0) is 19.1 Å². The number of ether oxygens (including phenoxy) is 2. The first-order valence-electron chi connectivity index (χ1n) is 3.54. The molecular formula is C7H12O4S. The van der Waals surface area contributed by atoms with Gasteiger partial charge in [-0.2, -0.15) is 12.6 Å². The summed E-state index contributed by atoms with van der Waals surface area (Å²) in [6, 6.07) is 0. The van der Waals surface area contributed by atoms with Gasteiger partial charge in [0.2, 0.25) is 0 Å². The van der Waals surface area contributed by atoms with Crippen LogP contribution in [0.15, 0.2) is 0 Å². The molecule has 0 saturated heterocycles. The standard InChI is InChI=1S/C7H12O4S/c1-10-6(8)2-4-11-7(9)3-5-12/h12H,2-5H2,1H3. The molecule has 0 N–H and O–H groups in total. The van der Waals surface area contributed by atoms with Crippen LogP contribution in [0.2, 0.25) is 0 Å². The molecule has 0 rings (SSSR count). The zero-order valence-corrected chi connectivity index (χ0v) is 7.80. The molecule has 0 aromatic heterocycles. The van der Waals surface area contributed by atoms with Gasteiger partial charge in [-0.05, 0) is 0 Å². The summed E-state index contributed by atoms with van der Waals surface area (Å²) in [5, 5.41) is 0. The van der Waals surface area contributed by atoms with E-state index in [1.807, 2.05) is 0 Å². The van der Waals surface area contributed by atoms with Crippen molar-refractivity contribution in [2.75, 3.05) is 19.5 Å². The van der Waals surface area contributed by atoms with Crippen LogP contribution >= 0.6 is 12.6 Å². The highest BCUT2D eigenvalue weighted by Gasteiger charge is 2.03. The number of methoxy groups -OCH3 is 1. The zero-order chi connectivity index (χ0) is 9.40. The van der Waals surface area contributed by atoms with E-state index in [9.17, 15) is 9.59 Å². The predicted octanol–water partition coefficient (Wildman–Crippen LogP) is 0.413. The van der Waals surface area contributed by atoms with Gasteiger partial charge < -0.3 is 9.47 Å². The molecule has 0 aliphatic rings. The van der Waals surface area contributed by atoms with Crippen molar-refractivity contribution in [1.29, 1.82) is 0 Å². The third kappa shape index (κ3) is 6.03. The quantitative estimate of drug-likeness (QED) is 0.506. The Balaban J connectivity index is 3.30. The molecule has 70 valence electrons. The summed E-state index contributed by atoms with van der Waals surface area (Å²) in [7, 11) is 1.29. The zero-order valence-electron chi connectivity index (χ0n) is 6.91. The molecule has 5 heteroatoms. The Morgan fingerprint density at radius 1 is 1.25 bits per heavy atom. The summed E-state index contributed by atoms with van der Waals surface area (Å²) in [4.78, 5) is 21.2. The second-order valence-corrected chi connectivity index (χ2v) is 2.47. The number of rotatable bonds is 5. The van der Waals surface area contributed by atoms with E-state index in [4.69, 9.17) is 0 Å². The highest BCUT2D eigenvalue weighted by atomic mass is 32.1. The number of carbonyl (C=O) groups excluding carboxylic acids is 2. The third-order valence-corrected chi connectivity index (χ3v) is 1.34. The molecule has 0 unspecified atom stereocenters. The Labute approximate surface area is 76.6 Å². The second kappa shape index (κ2) is 6.97. The van der Waals surface area contributed by atoms with Crippen molar-refractivity contribution in [3.8, 4) is 0 Å². The fourth-order valence-corrected chi connectivity index (χ4v) is 0.696. The van der Waals surface area contributed by atoms with E-state index >= 15 is 0 Å². The van der Waals surface area contributed by atoms with Gasteiger partial charge in [-0.25, -0.2) is 0 Å². The molecular weight excluding hydrogens is 180 g/mol. The van der Waals surface area contributed by atoms with Gasteiger partial charge in [0.15, 0.2) is 0 Å².